The van der Waals surface area contributed by atoms with E-state index in [1.165, 1.54) is 23.9 Å². The second-order valence-electron chi connectivity index (χ2n) is 3.55. The Bertz CT molecular complexity index is 528. The smallest absolute Gasteiger partial charge is 0.281 e. The number of halogens is 1. The van der Waals surface area contributed by atoms with Crippen molar-refractivity contribution >= 4 is 11.8 Å². The minimum absolute atomic E-state index is 0.371. The first-order chi connectivity index (χ1) is 8.06. The normalized spacial score (nSPS) is 12.7. The molecule has 0 aliphatic rings. The Labute approximate surface area is 102 Å². The SMILES string of the molecule is Cc1nnc(Sc2ccc(F)cc2[C@@H](C)O)o1. The standard InChI is InChI=1S/C11H11FN2O2S/c1-6(15)9-5-8(12)3-4-10(9)17-11-14-13-7(2)16-11/h3-6,15H,1-2H3/t6-/m1/s1. The lowest BCUT2D eigenvalue weighted by atomic mass is 10.1. The summed E-state index contributed by atoms with van der Waals surface area (Å²) in [6.45, 7) is 3.27. The molecule has 0 amide bonds. The van der Waals surface area contributed by atoms with Crippen molar-refractivity contribution in [3.8, 4) is 0 Å². The van der Waals surface area contributed by atoms with E-state index in [0.29, 0.717) is 21.6 Å². The number of benzene rings is 1. The van der Waals surface area contributed by atoms with Crippen LogP contribution in [0.3, 0.4) is 0 Å². The van der Waals surface area contributed by atoms with E-state index in [0.717, 1.165) is 0 Å². The first kappa shape index (κ1) is 12.1. The first-order valence-electron chi connectivity index (χ1n) is 5.01. The van der Waals surface area contributed by atoms with Gasteiger partial charge >= 0.3 is 0 Å². The molecular weight excluding hydrogens is 243 g/mol. The molecule has 1 atom stereocenters. The summed E-state index contributed by atoms with van der Waals surface area (Å²) < 4.78 is 18.3. The van der Waals surface area contributed by atoms with E-state index in [9.17, 15) is 9.50 Å². The fourth-order valence-electron chi connectivity index (χ4n) is 1.35. The largest absolute Gasteiger partial charge is 0.416 e. The van der Waals surface area contributed by atoms with E-state index in [-0.39, 0.29) is 5.82 Å². The molecule has 17 heavy (non-hydrogen) atoms. The van der Waals surface area contributed by atoms with Crippen LogP contribution in [0, 0.1) is 12.7 Å². The summed E-state index contributed by atoms with van der Waals surface area (Å²) in [4.78, 5) is 0.699. The average Bonchev–Trinajstić information content (AvgIpc) is 2.66. The number of aromatic nitrogens is 2. The van der Waals surface area contributed by atoms with Crippen LogP contribution in [0.1, 0.15) is 24.5 Å². The van der Waals surface area contributed by atoms with Crippen LogP contribution < -0.4 is 0 Å². The minimum atomic E-state index is -0.753. The maximum absolute atomic E-state index is 13.1. The van der Waals surface area contributed by atoms with Crippen LogP contribution in [0.5, 0.6) is 0 Å². The molecule has 2 aromatic rings. The third-order valence-corrected chi connectivity index (χ3v) is 3.06. The summed E-state index contributed by atoms with van der Waals surface area (Å²) in [5.74, 6) is 0.0835. The predicted octanol–water partition coefficient (Wildman–Crippen LogP) is 2.72. The molecule has 1 aromatic carbocycles. The number of aliphatic hydroxyl groups is 1. The molecule has 1 N–H and O–H groups in total. The highest BCUT2D eigenvalue weighted by Gasteiger charge is 2.13. The second-order valence-corrected chi connectivity index (χ2v) is 4.54. The number of aryl methyl sites for hydroxylation is 1. The molecule has 0 saturated carbocycles. The van der Waals surface area contributed by atoms with Crippen molar-refractivity contribution < 1.29 is 13.9 Å². The van der Waals surface area contributed by atoms with Gasteiger partial charge in [-0.2, -0.15) is 0 Å². The van der Waals surface area contributed by atoms with Crippen molar-refractivity contribution in [2.75, 3.05) is 0 Å². The summed E-state index contributed by atoms with van der Waals surface area (Å²) in [6.07, 6.45) is -0.753. The van der Waals surface area contributed by atoms with Gasteiger partial charge in [0, 0.05) is 11.8 Å². The quantitative estimate of drug-likeness (QED) is 0.912. The van der Waals surface area contributed by atoms with E-state index < -0.39 is 6.10 Å². The van der Waals surface area contributed by atoms with Crippen LogP contribution in [0.25, 0.3) is 0 Å². The molecule has 1 heterocycles. The fraction of sp³-hybridized carbons (Fsp3) is 0.273. The molecule has 1 aromatic heterocycles. The molecule has 90 valence electrons. The molecule has 0 fully saturated rings. The van der Waals surface area contributed by atoms with E-state index in [2.05, 4.69) is 10.2 Å². The third-order valence-electron chi connectivity index (χ3n) is 2.13. The monoisotopic (exact) mass is 254 g/mol. The van der Waals surface area contributed by atoms with E-state index >= 15 is 0 Å². The number of nitrogens with zero attached hydrogens (tertiary/aromatic N) is 2. The summed E-state index contributed by atoms with van der Waals surface area (Å²) in [6, 6.07) is 4.22. The zero-order valence-electron chi connectivity index (χ0n) is 9.35. The summed E-state index contributed by atoms with van der Waals surface area (Å²) in [7, 11) is 0. The second kappa shape index (κ2) is 4.85. The fourth-order valence-corrected chi connectivity index (χ4v) is 2.27. The first-order valence-corrected chi connectivity index (χ1v) is 5.83. The van der Waals surface area contributed by atoms with Gasteiger partial charge in [-0.25, -0.2) is 4.39 Å². The van der Waals surface area contributed by atoms with Crippen LogP contribution >= 0.6 is 11.8 Å². The molecule has 0 radical (unpaired) electrons. The molecule has 0 bridgehead atoms. The maximum atomic E-state index is 13.1. The van der Waals surface area contributed by atoms with Gasteiger partial charge in [0.2, 0.25) is 5.89 Å². The van der Waals surface area contributed by atoms with Crippen LogP contribution in [0.4, 0.5) is 4.39 Å². The van der Waals surface area contributed by atoms with Gasteiger partial charge in [0.05, 0.1) is 6.10 Å². The third kappa shape index (κ3) is 2.83. The molecule has 2 rings (SSSR count). The number of rotatable bonds is 3. The lowest BCUT2D eigenvalue weighted by Gasteiger charge is -2.09. The predicted molar refractivity (Wildman–Crippen MR) is 60.2 cm³/mol. The van der Waals surface area contributed by atoms with Gasteiger partial charge in [-0.3, -0.25) is 0 Å². The molecule has 0 saturated heterocycles. The van der Waals surface area contributed by atoms with Gasteiger partial charge in [0.25, 0.3) is 5.22 Å². The summed E-state index contributed by atoms with van der Waals surface area (Å²) in [5.41, 5.74) is 0.505. The van der Waals surface area contributed by atoms with Gasteiger partial charge in [0.15, 0.2) is 0 Å². The lowest BCUT2D eigenvalue weighted by Crippen LogP contribution is -1.95. The highest BCUT2D eigenvalue weighted by Crippen LogP contribution is 2.32. The summed E-state index contributed by atoms with van der Waals surface area (Å²) in [5, 5.41) is 17.5. The molecule has 0 aliphatic heterocycles. The highest BCUT2D eigenvalue weighted by atomic mass is 32.2. The van der Waals surface area contributed by atoms with Crippen molar-refractivity contribution in [2.45, 2.75) is 30.1 Å². The van der Waals surface area contributed by atoms with Gasteiger partial charge in [0.1, 0.15) is 5.82 Å². The molecule has 0 aliphatic carbocycles. The molecule has 4 nitrogen and oxygen atoms in total. The molecule has 6 heteroatoms. The van der Waals surface area contributed by atoms with Crippen molar-refractivity contribution in [3.05, 3.63) is 35.5 Å². The van der Waals surface area contributed by atoms with Gasteiger partial charge in [-0.1, -0.05) is 0 Å². The van der Waals surface area contributed by atoms with Gasteiger partial charge in [-0.05, 0) is 42.4 Å². The van der Waals surface area contributed by atoms with Gasteiger partial charge < -0.3 is 9.52 Å². The molecular formula is C11H11FN2O2S. The van der Waals surface area contributed by atoms with Crippen LogP contribution in [-0.4, -0.2) is 15.3 Å². The number of aliphatic hydroxyl groups excluding tert-OH is 1. The maximum Gasteiger partial charge on any atom is 0.281 e. The zero-order valence-corrected chi connectivity index (χ0v) is 10.2. The summed E-state index contributed by atoms with van der Waals surface area (Å²) >= 11 is 1.21. The molecule has 0 unspecified atom stereocenters. The van der Waals surface area contributed by atoms with Gasteiger partial charge in [-0.15, -0.1) is 10.2 Å². The topological polar surface area (TPSA) is 59.2 Å². The van der Waals surface area contributed by atoms with E-state index in [4.69, 9.17) is 4.42 Å². The zero-order chi connectivity index (χ0) is 12.4. The Balaban J connectivity index is 2.32. The Morgan fingerprint density at radius 2 is 2.18 bits per heavy atom. The van der Waals surface area contributed by atoms with Crippen LogP contribution in [0.2, 0.25) is 0 Å². The number of hydrogen-bond donors (Lipinski definition) is 1. The van der Waals surface area contributed by atoms with Crippen molar-refractivity contribution in [2.24, 2.45) is 0 Å². The van der Waals surface area contributed by atoms with Crippen LogP contribution in [-0.2, 0) is 0 Å². The Kier molecular flexibility index (Phi) is 3.44. The Morgan fingerprint density at radius 3 is 2.76 bits per heavy atom. The van der Waals surface area contributed by atoms with E-state index in [1.54, 1.807) is 19.9 Å². The van der Waals surface area contributed by atoms with Crippen LogP contribution in [0.15, 0.2) is 32.7 Å². The van der Waals surface area contributed by atoms with Crippen molar-refractivity contribution in [1.82, 2.24) is 10.2 Å². The average molecular weight is 254 g/mol. The van der Waals surface area contributed by atoms with Crippen molar-refractivity contribution in [1.29, 1.82) is 0 Å². The Morgan fingerprint density at radius 1 is 1.41 bits per heavy atom. The Hall–Kier alpha value is -1.40. The number of hydrogen-bond acceptors (Lipinski definition) is 5. The minimum Gasteiger partial charge on any atom is -0.416 e. The highest BCUT2D eigenvalue weighted by molar-refractivity contribution is 7.99. The van der Waals surface area contributed by atoms with Crippen molar-refractivity contribution in [3.63, 3.8) is 0 Å². The van der Waals surface area contributed by atoms with E-state index in [1.807, 2.05) is 0 Å². The molecule has 0 spiro atoms. The lowest BCUT2D eigenvalue weighted by molar-refractivity contribution is 0.196.